The van der Waals surface area contributed by atoms with Gasteiger partial charge >= 0.3 is 4.87 Å². The topological polar surface area (TPSA) is 85.4 Å². The Morgan fingerprint density at radius 2 is 2.00 bits per heavy atom. The number of aliphatic hydroxyl groups excluding tert-OH is 1. The standard InChI is InChI=1S/C19H26N2O3S/c22-12-8-14(18-16(9-12)21-19(24)25-18)17(23)10-20-15-7-3-6-13(15)11-4-1-2-5-11/h8-9,11,13,15,17,20,22-23H,1-7,10H2,(H,21,24)/t13-,15-,17?/m1/s1. The number of rotatable bonds is 5. The molecule has 4 rings (SSSR count). The van der Waals surface area contributed by atoms with E-state index in [0.29, 0.717) is 23.7 Å². The van der Waals surface area contributed by atoms with Crippen molar-refractivity contribution in [3.8, 4) is 5.75 Å². The molecule has 2 aliphatic carbocycles. The summed E-state index contributed by atoms with van der Waals surface area (Å²) in [6, 6.07) is 3.58. The minimum atomic E-state index is -0.731. The Morgan fingerprint density at radius 1 is 1.20 bits per heavy atom. The number of aromatic hydroxyl groups is 1. The van der Waals surface area contributed by atoms with Gasteiger partial charge in [-0.3, -0.25) is 4.79 Å². The molecule has 5 nitrogen and oxygen atoms in total. The molecule has 1 aromatic heterocycles. The van der Waals surface area contributed by atoms with Crippen LogP contribution in [-0.4, -0.2) is 27.8 Å². The summed E-state index contributed by atoms with van der Waals surface area (Å²) in [7, 11) is 0. The van der Waals surface area contributed by atoms with Crippen molar-refractivity contribution in [1.29, 1.82) is 0 Å². The summed E-state index contributed by atoms with van der Waals surface area (Å²) in [5.41, 5.74) is 1.22. The van der Waals surface area contributed by atoms with E-state index in [0.717, 1.165) is 27.9 Å². The first-order valence-electron chi connectivity index (χ1n) is 9.39. The Balaban J connectivity index is 1.47. The van der Waals surface area contributed by atoms with Crippen LogP contribution < -0.4 is 10.2 Å². The number of aliphatic hydroxyl groups is 1. The van der Waals surface area contributed by atoms with E-state index in [4.69, 9.17) is 0 Å². The molecule has 0 bridgehead atoms. The van der Waals surface area contributed by atoms with Crippen molar-refractivity contribution in [3.05, 3.63) is 27.4 Å². The van der Waals surface area contributed by atoms with Gasteiger partial charge in [0.1, 0.15) is 5.75 Å². The van der Waals surface area contributed by atoms with Gasteiger partial charge in [-0.1, -0.05) is 43.4 Å². The van der Waals surface area contributed by atoms with Crippen LogP contribution in [0, 0.1) is 11.8 Å². The fraction of sp³-hybridized carbons (Fsp3) is 0.632. The van der Waals surface area contributed by atoms with Crippen LogP contribution in [0.1, 0.15) is 56.6 Å². The second-order valence-electron chi connectivity index (χ2n) is 7.60. The maximum Gasteiger partial charge on any atom is 0.305 e. The minimum absolute atomic E-state index is 0.0697. The number of hydrogen-bond donors (Lipinski definition) is 4. The molecule has 0 spiro atoms. The van der Waals surface area contributed by atoms with E-state index in [1.165, 1.54) is 51.0 Å². The van der Waals surface area contributed by atoms with Crippen LogP contribution in [0.4, 0.5) is 0 Å². The van der Waals surface area contributed by atoms with Crippen LogP contribution in [0.15, 0.2) is 16.9 Å². The van der Waals surface area contributed by atoms with E-state index in [1.54, 1.807) is 6.07 Å². The zero-order chi connectivity index (χ0) is 17.4. The van der Waals surface area contributed by atoms with Crippen molar-refractivity contribution in [3.63, 3.8) is 0 Å². The number of hydrogen-bond acceptors (Lipinski definition) is 5. The van der Waals surface area contributed by atoms with E-state index < -0.39 is 6.10 Å². The molecule has 2 aromatic rings. The molecule has 0 radical (unpaired) electrons. The first-order chi connectivity index (χ1) is 12.1. The molecule has 0 amide bonds. The molecule has 3 atom stereocenters. The van der Waals surface area contributed by atoms with Gasteiger partial charge in [0, 0.05) is 24.2 Å². The Hall–Kier alpha value is -1.37. The fourth-order valence-electron chi connectivity index (χ4n) is 4.88. The molecule has 1 aromatic carbocycles. The predicted octanol–water partition coefficient (Wildman–Crippen LogP) is 3.28. The monoisotopic (exact) mass is 362 g/mol. The summed E-state index contributed by atoms with van der Waals surface area (Å²) in [4.78, 5) is 14.2. The average Bonchev–Trinajstić information content (AvgIpc) is 3.30. The molecule has 136 valence electrons. The van der Waals surface area contributed by atoms with E-state index in [-0.39, 0.29) is 10.6 Å². The molecule has 2 fully saturated rings. The Kier molecular flexibility index (Phi) is 4.84. The summed E-state index contributed by atoms with van der Waals surface area (Å²) >= 11 is 1.08. The van der Waals surface area contributed by atoms with Crippen molar-refractivity contribution in [2.75, 3.05) is 6.54 Å². The van der Waals surface area contributed by atoms with Gasteiger partial charge in [-0.05, 0) is 30.7 Å². The minimum Gasteiger partial charge on any atom is -0.508 e. The Morgan fingerprint density at radius 3 is 2.80 bits per heavy atom. The molecule has 1 heterocycles. The molecule has 25 heavy (non-hydrogen) atoms. The van der Waals surface area contributed by atoms with Crippen molar-refractivity contribution < 1.29 is 10.2 Å². The highest BCUT2D eigenvalue weighted by Gasteiger charge is 2.35. The number of fused-ring (bicyclic) bond motifs is 1. The van der Waals surface area contributed by atoms with E-state index in [1.807, 2.05) is 0 Å². The van der Waals surface area contributed by atoms with Gasteiger partial charge in [0.05, 0.1) is 16.3 Å². The molecule has 0 saturated heterocycles. The molecular formula is C19H26N2O3S. The van der Waals surface area contributed by atoms with Gasteiger partial charge in [-0.15, -0.1) is 0 Å². The molecule has 6 heteroatoms. The molecule has 4 N–H and O–H groups in total. The third-order valence-electron chi connectivity index (χ3n) is 6.04. The highest BCUT2D eigenvalue weighted by Crippen LogP contribution is 2.40. The van der Waals surface area contributed by atoms with Crippen LogP contribution in [0.2, 0.25) is 0 Å². The largest absolute Gasteiger partial charge is 0.508 e. The van der Waals surface area contributed by atoms with Crippen LogP contribution in [-0.2, 0) is 0 Å². The van der Waals surface area contributed by atoms with Gasteiger partial charge in [-0.25, -0.2) is 0 Å². The van der Waals surface area contributed by atoms with Gasteiger partial charge < -0.3 is 20.5 Å². The van der Waals surface area contributed by atoms with Gasteiger partial charge in [-0.2, -0.15) is 0 Å². The lowest BCUT2D eigenvalue weighted by Crippen LogP contribution is -2.37. The van der Waals surface area contributed by atoms with E-state index in [9.17, 15) is 15.0 Å². The third-order valence-corrected chi connectivity index (χ3v) is 6.99. The second-order valence-corrected chi connectivity index (χ2v) is 8.58. The number of phenols is 1. The lowest BCUT2D eigenvalue weighted by atomic mass is 9.86. The number of thiazole rings is 1. The van der Waals surface area contributed by atoms with Crippen LogP contribution in [0.5, 0.6) is 5.75 Å². The van der Waals surface area contributed by atoms with Crippen molar-refractivity contribution in [2.45, 2.75) is 57.1 Å². The zero-order valence-corrected chi connectivity index (χ0v) is 15.1. The van der Waals surface area contributed by atoms with Gasteiger partial charge in [0.15, 0.2) is 0 Å². The normalized spacial score (nSPS) is 25.8. The first kappa shape index (κ1) is 17.1. The highest BCUT2D eigenvalue weighted by molar-refractivity contribution is 7.16. The maximum atomic E-state index is 11.6. The first-order valence-corrected chi connectivity index (χ1v) is 10.2. The Labute approximate surface area is 151 Å². The lowest BCUT2D eigenvalue weighted by Gasteiger charge is -2.27. The van der Waals surface area contributed by atoms with Crippen molar-refractivity contribution in [2.24, 2.45) is 11.8 Å². The Bertz CT molecular complexity index is 794. The highest BCUT2D eigenvalue weighted by atomic mass is 32.1. The third kappa shape index (κ3) is 3.48. The van der Waals surface area contributed by atoms with E-state index >= 15 is 0 Å². The SMILES string of the molecule is O=c1[nH]c2cc(O)cc(C(O)CN[C@@H]3CCC[C@@H]3C3CCCC3)c2s1. The smallest absolute Gasteiger partial charge is 0.305 e. The summed E-state index contributed by atoms with van der Waals surface area (Å²) < 4.78 is 0.732. The number of benzene rings is 1. The number of phenolic OH excluding ortho intramolecular Hbond substituents is 1. The van der Waals surface area contributed by atoms with Crippen molar-refractivity contribution in [1.82, 2.24) is 10.3 Å². The quantitative estimate of drug-likeness (QED) is 0.658. The van der Waals surface area contributed by atoms with E-state index in [2.05, 4.69) is 10.3 Å². The number of nitrogens with one attached hydrogen (secondary N) is 2. The summed E-state index contributed by atoms with van der Waals surface area (Å²) in [5.74, 6) is 1.65. The van der Waals surface area contributed by atoms with Crippen LogP contribution in [0.25, 0.3) is 10.2 Å². The average molecular weight is 362 g/mol. The molecule has 2 aliphatic rings. The predicted molar refractivity (Wildman–Crippen MR) is 100 cm³/mol. The number of aromatic amines is 1. The summed E-state index contributed by atoms with van der Waals surface area (Å²) in [6.07, 6.45) is 8.46. The zero-order valence-electron chi connectivity index (χ0n) is 14.3. The van der Waals surface area contributed by atoms with Gasteiger partial charge in [0.2, 0.25) is 0 Å². The summed E-state index contributed by atoms with van der Waals surface area (Å²) in [5, 5.41) is 24.1. The molecule has 1 unspecified atom stereocenters. The van der Waals surface area contributed by atoms with Gasteiger partial charge in [0.25, 0.3) is 0 Å². The van der Waals surface area contributed by atoms with Crippen molar-refractivity contribution >= 4 is 21.6 Å². The second kappa shape index (κ2) is 7.09. The summed E-state index contributed by atoms with van der Waals surface area (Å²) in [6.45, 7) is 0.457. The van der Waals surface area contributed by atoms with Crippen LogP contribution >= 0.6 is 11.3 Å². The number of H-pyrrole nitrogens is 1. The molecule has 2 saturated carbocycles. The number of aromatic nitrogens is 1. The van der Waals surface area contributed by atoms with Crippen LogP contribution in [0.3, 0.4) is 0 Å². The molecule has 0 aliphatic heterocycles. The lowest BCUT2D eigenvalue weighted by molar-refractivity contribution is 0.162. The maximum absolute atomic E-state index is 11.6. The molecular weight excluding hydrogens is 336 g/mol. The fourth-order valence-corrected chi connectivity index (χ4v) is 5.76.